The van der Waals surface area contributed by atoms with Crippen molar-refractivity contribution in [1.82, 2.24) is 24.5 Å². The number of halogens is 2. The molecule has 28 heavy (non-hydrogen) atoms. The minimum absolute atomic E-state index is 0.129. The number of para-hydroxylation sites is 1. The number of piperazine rings is 1. The Kier molecular flexibility index (Phi) is 5.24. The molecule has 0 N–H and O–H groups in total. The summed E-state index contributed by atoms with van der Waals surface area (Å²) in [5, 5.41) is 12.5. The number of sulfonamides is 1. The van der Waals surface area contributed by atoms with E-state index in [1.807, 2.05) is 35.2 Å². The van der Waals surface area contributed by atoms with Gasteiger partial charge in [-0.1, -0.05) is 46.5 Å². The number of benzene rings is 2. The summed E-state index contributed by atoms with van der Waals surface area (Å²) in [4.78, 5) is 2.10. The third-order valence-corrected chi connectivity index (χ3v) is 7.14. The molecule has 1 aliphatic heterocycles. The Bertz CT molecular complexity index is 1080. The lowest BCUT2D eigenvalue weighted by Crippen LogP contribution is -2.49. The maximum Gasteiger partial charge on any atom is 0.250 e. The summed E-state index contributed by atoms with van der Waals surface area (Å²) < 4.78 is 28.9. The molecule has 4 rings (SSSR count). The van der Waals surface area contributed by atoms with Crippen molar-refractivity contribution in [3.8, 4) is 5.69 Å². The summed E-state index contributed by atoms with van der Waals surface area (Å²) >= 11 is 11.9. The average molecular weight is 439 g/mol. The second kappa shape index (κ2) is 7.67. The van der Waals surface area contributed by atoms with E-state index in [4.69, 9.17) is 23.2 Å². The van der Waals surface area contributed by atoms with E-state index in [1.165, 1.54) is 22.5 Å². The van der Waals surface area contributed by atoms with Gasteiger partial charge in [0, 0.05) is 26.2 Å². The number of hydrogen-bond acceptors (Lipinski definition) is 6. The predicted octanol–water partition coefficient (Wildman–Crippen LogP) is 2.48. The first-order valence-corrected chi connectivity index (χ1v) is 10.7. The molecule has 0 unspecified atom stereocenters. The SMILES string of the molecule is O=S(=O)(c1ccc(Cl)c(Cl)c1)N1CCN(c2nnnn2-c2ccccc2)CC1. The van der Waals surface area contributed by atoms with Crippen LogP contribution in [0.5, 0.6) is 0 Å². The first-order valence-electron chi connectivity index (χ1n) is 8.51. The quantitative estimate of drug-likeness (QED) is 0.621. The van der Waals surface area contributed by atoms with Gasteiger partial charge in [0.25, 0.3) is 0 Å². The fourth-order valence-electron chi connectivity index (χ4n) is 3.03. The second-order valence-electron chi connectivity index (χ2n) is 6.19. The van der Waals surface area contributed by atoms with Gasteiger partial charge in [-0.2, -0.15) is 8.99 Å². The van der Waals surface area contributed by atoms with E-state index >= 15 is 0 Å². The van der Waals surface area contributed by atoms with Crippen LogP contribution in [0.15, 0.2) is 53.4 Å². The van der Waals surface area contributed by atoms with Gasteiger partial charge in [-0.15, -0.1) is 0 Å². The van der Waals surface area contributed by atoms with Gasteiger partial charge in [0.15, 0.2) is 0 Å². The van der Waals surface area contributed by atoms with Crippen molar-refractivity contribution in [3.05, 3.63) is 58.6 Å². The Hall–Kier alpha value is -2.20. The molecular weight excluding hydrogens is 423 g/mol. The highest BCUT2D eigenvalue weighted by Crippen LogP contribution is 2.27. The zero-order chi connectivity index (χ0) is 19.7. The van der Waals surface area contributed by atoms with Gasteiger partial charge in [-0.25, -0.2) is 8.42 Å². The highest BCUT2D eigenvalue weighted by atomic mass is 35.5. The zero-order valence-corrected chi connectivity index (χ0v) is 16.9. The number of tetrazole rings is 1. The minimum atomic E-state index is -3.65. The molecular formula is C17H16Cl2N6O2S. The molecule has 146 valence electrons. The molecule has 0 spiro atoms. The van der Waals surface area contributed by atoms with Crippen LogP contribution in [-0.4, -0.2) is 59.1 Å². The summed E-state index contributed by atoms with van der Waals surface area (Å²) in [6, 6.07) is 13.9. The molecule has 11 heteroatoms. The molecule has 1 fully saturated rings. The number of hydrogen-bond donors (Lipinski definition) is 0. The van der Waals surface area contributed by atoms with Gasteiger partial charge < -0.3 is 4.90 Å². The van der Waals surface area contributed by atoms with Crippen LogP contribution in [0.3, 0.4) is 0 Å². The van der Waals surface area contributed by atoms with Crippen LogP contribution in [-0.2, 0) is 10.0 Å². The molecule has 3 aromatic rings. The van der Waals surface area contributed by atoms with Crippen LogP contribution in [0, 0.1) is 0 Å². The Balaban J connectivity index is 1.51. The predicted molar refractivity (Wildman–Crippen MR) is 107 cm³/mol. The summed E-state index contributed by atoms with van der Waals surface area (Å²) in [6.45, 7) is 1.55. The molecule has 2 aromatic carbocycles. The molecule has 2 heterocycles. The van der Waals surface area contributed by atoms with E-state index in [-0.39, 0.29) is 9.92 Å². The third kappa shape index (κ3) is 3.58. The Morgan fingerprint density at radius 3 is 2.29 bits per heavy atom. The summed E-state index contributed by atoms with van der Waals surface area (Å²) in [7, 11) is -3.65. The first-order chi connectivity index (χ1) is 13.5. The van der Waals surface area contributed by atoms with Crippen LogP contribution in [0.1, 0.15) is 0 Å². The largest absolute Gasteiger partial charge is 0.337 e. The van der Waals surface area contributed by atoms with Gasteiger partial charge in [0.05, 0.1) is 20.6 Å². The van der Waals surface area contributed by atoms with Crippen molar-refractivity contribution < 1.29 is 8.42 Å². The van der Waals surface area contributed by atoms with Crippen molar-refractivity contribution in [3.63, 3.8) is 0 Å². The number of aromatic nitrogens is 4. The molecule has 0 aliphatic carbocycles. The minimum Gasteiger partial charge on any atom is -0.337 e. The van der Waals surface area contributed by atoms with Gasteiger partial charge in [-0.3, -0.25) is 0 Å². The van der Waals surface area contributed by atoms with Gasteiger partial charge in [-0.05, 0) is 40.8 Å². The van der Waals surface area contributed by atoms with Crippen LogP contribution < -0.4 is 4.90 Å². The van der Waals surface area contributed by atoms with Crippen LogP contribution >= 0.6 is 23.2 Å². The van der Waals surface area contributed by atoms with Crippen LogP contribution in [0.25, 0.3) is 5.69 Å². The first kappa shape index (κ1) is 19.1. The molecule has 1 saturated heterocycles. The van der Waals surface area contributed by atoms with Gasteiger partial charge >= 0.3 is 0 Å². The average Bonchev–Trinajstić information content (AvgIpc) is 3.20. The number of rotatable bonds is 4. The van der Waals surface area contributed by atoms with E-state index < -0.39 is 10.0 Å². The fourth-order valence-corrected chi connectivity index (χ4v) is 4.84. The lowest BCUT2D eigenvalue weighted by Gasteiger charge is -2.34. The maximum absolute atomic E-state index is 12.9. The molecule has 0 radical (unpaired) electrons. The van der Waals surface area contributed by atoms with E-state index in [0.717, 1.165) is 5.69 Å². The second-order valence-corrected chi connectivity index (χ2v) is 8.95. The van der Waals surface area contributed by atoms with Crippen molar-refractivity contribution in [2.24, 2.45) is 0 Å². The van der Waals surface area contributed by atoms with E-state index in [0.29, 0.717) is 37.1 Å². The summed E-state index contributed by atoms with van der Waals surface area (Å²) in [6.07, 6.45) is 0. The summed E-state index contributed by atoms with van der Waals surface area (Å²) in [5.41, 5.74) is 0.841. The van der Waals surface area contributed by atoms with Gasteiger partial charge in [0.2, 0.25) is 16.0 Å². The van der Waals surface area contributed by atoms with Crippen molar-refractivity contribution >= 4 is 39.2 Å². The molecule has 8 nitrogen and oxygen atoms in total. The molecule has 1 aromatic heterocycles. The Morgan fingerprint density at radius 2 is 1.61 bits per heavy atom. The lowest BCUT2D eigenvalue weighted by atomic mass is 10.3. The number of nitrogens with zero attached hydrogens (tertiary/aromatic N) is 6. The smallest absolute Gasteiger partial charge is 0.250 e. The molecule has 0 atom stereocenters. The summed E-state index contributed by atoms with van der Waals surface area (Å²) in [5.74, 6) is 0.581. The lowest BCUT2D eigenvalue weighted by molar-refractivity contribution is 0.381. The van der Waals surface area contributed by atoms with E-state index in [2.05, 4.69) is 15.5 Å². The van der Waals surface area contributed by atoms with E-state index in [1.54, 1.807) is 4.68 Å². The zero-order valence-electron chi connectivity index (χ0n) is 14.6. The van der Waals surface area contributed by atoms with Crippen LogP contribution in [0.4, 0.5) is 5.95 Å². The van der Waals surface area contributed by atoms with E-state index in [9.17, 15) is 8.42 Å². The normalized spacial score (nSPS) is 15.7. The van der Waals surface area contributed by atoms with Gasteiger partial charge in [0.1, 0.15) is 0 Å². The maximum atomic E-state index is 12.9. The molecule has 0 amide bonds. The molecule has 0 bridgehead atoms. The van der Waals surface area contributed by atoms with Crippen molar-refractivity contribution in [2.75, 3.05) is 31.1 Å². The standard InChI is InChI=1S/C17H16Cl2N6O2S/c18-15-7-6-14(12-16(15)19)28(26,27)24-10-8-23(9-11-24)17-20-21-22-25(17)13-4-2-1-3-5-13/h1-7,12H,8-11H2. The monoisotopic (exact) mass is 438 g/mol. The molecule has 1 aliphatic rings. The highest BCUT2D eigenvalue weighted by Gasteiger charge is 2.30. The highest BCUT2D eigenvalue weighted by molar-refractivity contribution is 7.89. The van der Waals surface area contributed by atoms with Crippen molar-refractivity contribution in [1.29, 1.82) is 0 Å². The third-order valence-electron chi connectivity index (χ3n) is 4.50. The van der Waals surface area contributed by atoms with Crippen molar-refractivity contribution in [2.45, 2.75) is 4.90 Å². The Labute approximate surface area is 172 Å². The van der Waals surface area contributed by atoms with Crippen LogP contribution in [0.2, 0.25) is 10.0 Å². The fraction of sp³-hybridized carbons (Fsp3) is 0.235. The molecule has 0 saturated carbocycles. The topological polar surface area (TPSA) is 84.2 Å². The number of anilines is 1. The Morgan fingerprint density at radius 1 is 0.893 bits per heavy atom.